The number of likely N-dealkylation sites (N-methyl/N-ethyl adjacent to an activating group) is 1. The van der Waals surface area contributed by atoms with E-state index in [4.69, 9.17) is 0 Å². The summed E-state index contributed by atoms with van der Waals surface area (Å²) in [5.41, 5.74) is 4.24. The van der Waals surface area contributed by atoms with E-state index in [1.54, 1.807) is 19.9 Å². The minimum atomic E-state index is -4.09. The van der Waals surface area contributed by atoms with E-state index in [2.05, 4.69) is 5.32 Å². The molecule has 0 fully saturated rings. The number of sulfonamides is 1. The number of carboxylic acid groups (broad SMARTS) is 1. The van der Waals surface area contributed by atoms with Gasteiger partial charge in [0, 0.05) is 19.2 Å². The standard InChI is InChI=1S/C22H26N2O5S/c1-13-10-14(2)20(15(3)11-13)21(22(26)27)24(4)30(28,29)17-8-9-18-16(12-17)6-5-7-19(25)23-18/h8-12,21H,5-7H2,1-4H3,(H,23,25)(H,26,27). The molecule has 1 aliphatic rings. The zero-order valence-electron chi connectivity index (χ0n) is 17.5. The summed E-state index contributed by atoms with van der Waals surface area (Å²) in [5, 5.41) is 12.7. The topological polar surface area (TPSA) is 104 Å². The van der Waals surface area contributed by atoms with Gasteiger partial charge in [0.05, 0.1) is 4.90 Å². The van der Waals surface area contributed by atoms with E-state index in [0.717, 1.165) is 26.6 Å². The third-order valence-corrected chi connectivity index (χ3v) is 7.31. The molecule has 0 bridgehead atoms. The second-order valence-electron chi connectivity index (χ2n) is 7.80. The first-order valence-corrected chi connectivity index (χ1v) is 11.2. The normalized spacial score (nSPS) is 15.3. The van der Waals surface area contributed by atoms with Gasteiger partial charge in [-0.2, -0.15) is 4.31 Å². The summed E-state index contributed by atoms with van der Waals surface area (Å²) in [6.45, 7) is 5.49. The van der Waals surface area contributed by atoms with Gasteiger partial charge in [0.2, 0.25) is 15.9 Å². The molecule has 8 heteroatoms. The number of hydrogen-bond acceptors (Lipinski definition) is 4. The molecule has 7 nitrogen and oxygen atoms in total. The van der Waals surface area contributed by atoms with Crippen molar-refractivity contribution in [3.05, 3.63) is 58.1 Å². The predicted molar refractivity (Wildman–Crippen MR) is 114 cm³/mol. The Hall–Kier alpha value is -2.71. The fourth-order valence-corrected chi connectivity index (χ4v) is 5.44. The molecular weight excluding hydrogens is 404 g/mol. The maximum Gasteiger partial charge on any atom is 0.326 e. The van der Waals surface area contributed by atoms with Crippen LogP contribution in [0.25, 0.3) is 0 Å². The third-order valence-electron chi connectivity index (χ3n) is 5.49. The lowest BCUT2D eigenvalue weighted by Crippen LogP contribution is -2.36. The lowest BCUT2D eigenvalue weighted by Gasteiger charge is -2.27. The third kappa shape index (κ3) is 4.11. The molecule has 0 radical (unpaired) electrons. The maximum atomic E-state index is 13.4. The monoisotopic (exact) mass is 430 g/mol. The van der Waals surface area contributed by atoms with Crippen molar-refractivity contribution >= 4 is 27.6 Å². The number of nitrogens with zero attached hydrogens (tertiary/aromatic N) is 1. The van der Waals surface area contributed by atoms with E-state index in [1.807, 2.05) is 19.1 Å². The van der Waals surface area contributed by atoms with Gasteiger partial charge in [-0.05, 0) is 74.1 Å². The molecule has 2 N–H and O–H groups in total. The quantitative estimate of drug-likeness (QED) is 0.757. The lowest BCUT2D eigenvalue weighted by atomic mass is 9.94. The van der Waals surface area contributed by atoms with Crippen LogP contribution >= 0.6 is 0 Å². The van der Waals surface area contributed by atoms with E-state index in [0.29, 0.717) is 30.5 Å². The van der Waals surface area contributed by atoms with E-state index in [1.165, 1.54) is 19.2 Å². The van der Waals surface area contributed by atoms with Crippen LogP contribution in [-0.2, 0) is 26.0 Å². The molecular formula is C22H26N2O5S. The van der Waals surface area contributed by atoms with Crippen molar-refractivity contribution in [2.45, 2.75) is 51.0 Å². The number of aryl methyl sites for hydroxylation is 4. The van der Waals surface area contributed by atoms with Crippen molar-refractivity contribution in [3.8, 4) is 0 Å². The van der Waals surface area contributed by atoms with Crippen LogP contribution in [0.4, 0.5) is 5.69 Å². The summed E-state index contributed by atoms with van der Waals surface area (Å²) in [7, 11) is -2.80. The molecule has 0 saturated carbocycles. The molecule has 160 valence electrons. The fourth-order valence-electron chi connectivity index (χ4n) is 4.10. The first kappa shape index (κ1) is 22.0. The number of amides is 1. The average molecular weight is 431 g/mol. The Morgan fingerprint density at radius 1 is 1.10 bits per heavy atom. The molecule has 0 spiro atoms. The molecule has 1 heterocycles. The molecule has 2 aromatic rings. The number of anilines is 1. The van der Waals surface area contributed by atoms with Gasteiger partial charge in [-0.25, -0.2) is 8.42 Å². The van der Waals surface area contributed by atoms with E-state index >= 15 is 0 Å². The minimum Gasteiger partial charge on any atom is -0.480 e. The first-order valence-electron chi connectivity index (χ1n) is 9.73. The van der Waals surface area contributed by atoms with Crippen molar-refractivity contribution in [2.24, 2.45) is 0 Å². The van der Waals surface area contributed by atoms with Crippen LogP contribution in [0.1, 0.15) is 46.7 Å². The van der Waals surface area contributed by atoms with Gasteiger partial charge in [-0.3, -0.25) is 9.59 Å². The van der Waals surface area contributed by atoms with Gasteiger partial charge in [-0.1, -0.05) is 17.7 Å². The molecule has 1 amide bonds. The second kappa shape index (κ2) is 8.20. The van der Waals surface area contributed by atoms with Gasteiger partial charge in [-0.15, -0.1) is 0 Å². The number of carbonyl (C=O) groups is 2. The number of rotatable bonds is 5. The highest BCUT2D eigenvalue weighted by Crippen LogP contribution is 2.33. The number of nitrogens with one attached hydrogen (secondary N) is 1. The molecule has 1 unspecified atom stereocenters. The molecule has 3 rings (SSSR count). The second-order valence-corrected chi connectivity index (χ2v) is 9.79. The minimum absolute atomic E-state index is 0.00793. The molecule has 0 aromatic heterocycles. The Bertz CT molecular complexity index is 1100. The summed E-state index contributed by atoms with van der Waals surface area (Å²) in [5.74, 6) is -1.34. The van der Waals surface area contributed by atoms with E-state index in [9.17, 15) is 23.1 Å². The highest BCUT2D eigenvalue weighted by atomic mass is 32.2. The van der Waals surface area contributed by atoms with Crippen molar-refractivity contribution in [2.75, 3.05) is 12.4 Å². The zero-order valence-corrected chi connectivity index (χ0v) is 18.3. The molecule has 0 aliphatic carbocycles. The van der Waals surface area contributed by atoms with Crippen LogP contribution in [-0.4, -0.2) is 36.8 Å². The number of aliphatic carboxylic acids is 1. The number of carbonyl (C=O) groups excluding carboxylic acids is 1. The summed E-state index contributed by atoms with van der Waals surface area (Å²) < 4.78 is 27.6. The number of carboxylic acids is 1. The summed E-state index contributed by atoms with van der Waals surface area (Å²) in [6, 6.07) is 6.85. The van der Waals surface area contributed by atoms with E-state index < -0.39 is 22.0 Å². The number of hydrogen-bond donors (Lipinski definition) is 2. The van der Waals surface area contributed by atoms with Crippen molar-refractivity contribution in [3.63, 3.8) is 0 Å². The number of fused-ring (bicyclic) bond motifs is 1. The van der Waals surface area contributed by atoms with E-state index in [-0.39, 0.29) is 10.8 Å². The molecule has 30 heavy (non-hydrogen) atoms. The van der Waals surface area contributed by atoms with Crippen LogP contribution in [0.3, 0.4) is 0 Å². The number of benzene rings is 2. The van der Waals surface area contributed by atoms with Crippen LogP contribution in [0.15, 0.2) is 35.2 Å². The largest absolute Gasteiger partial charge is 0.480 e. The Kier molecular flexibility index (Phi) is 6.01. The maximum absolute atomic E-state index is 13.4. The Morgan fingerprint density at radius 3 is 2.33 bits per heavy atom. The Labute approximate surface area is 176 Å². The van der Waals surface area contributed by atoms with Crippen molar-refractivity contribution in [1.82, 2.24) is 4.31 Å². The molecule has 1 atom stereocenters. The highest BCUT2D eigenvalue weighted by molar-refractivity contribution is 7.89. The average Bonchev–Trinajstić information content (AvgIpc) is 2.83. The molecule has 1 aliphatic heterocycles. The van der Waals surface area contributed by atoms with Crippen LogP contribution in [0.5, 0.6) is 0 Å². The van der Waals surface area contributed by atoms with Gasteiger partial charge in [0.15, 0.2) is 0 Å². The SMILES string of the molecule is Cc1cc(C)c(C(C(=O)O)N(C)S(=O)(=O)c2ccc3c(c2)CCCC(=O)N3)c(C)c1. The van der Waals surface area contributed by atoms with Crippen molar-refractivity contribution < 1.29 is 23.1 Å². The van der Waals surface area contributed by atoms with Gasteiger partial charge in [0.25, 0.3) is 0 Å². The molecule has 2 aromatic carbocycles. The first-order chi connectivity index (χ1) is 14.0. The summed E-state index contributed by atoms with van der Waals surface area (Å²) in [6.07, 6.45) is 1.57. The van der Waals surface area contributed by atoms with Gasteiger partial charge >= 0.3 is 5.97 Å². The zero-order chi connectivity index (χ0) is 22.2. The summed E-state index contributed by atoms with van der Waals surface area (Å²) in [4.78, 5) is 23.9. The Balaban J connectivity index is 2.06. The predicted octanol–water partition coefficient (Wildman–Crippen LogP) is 3.33. The molecule has 0 saturated heterocycles. The lowest BCUT2D eigenvalue weighted by molar-refractivity contribution is -0.141. The summed E-state index contributed by atoms with van der Waals surface area (Å²) >= 11 is 0. The van der Waals surface area contributed by atoms with Crippen LogP contribution < -0.4 is 5.32 Å². The van der Waals surface area contributed by atoms with Crippen LogP contribution in [0, 0.1) is 20.8 Å². The van der Waals surface area contributed by atoms with Crippen LogP contribution in [0.2, 0.25) is 0 Å². The fraction of sp³-hybridized carbons (Fsp3) is 0.364. The van der Waals surface area contributed by atoms with Crippen molar-refractivity contribution in [1.29, 1.82) is 0 Å². The Morgan fingerprint density at radius 2 is 1.73 bits per heavy atom. The van der Waals surface area contributed by atoms with Gasteiger partial charge < -0.3 is 10.4 Å². The smallest absolute Gasteiger partial charge is 0.326 e. The van der Waals surface area contributed by atoms with Gasteiger partial charge in [0.1, 0.15) is 6.04 Å². The highest BCUT2D eigenvalue weighted by Gasteiger charge is 2.36.